The maximum absolute atomic E-state index is 11.4. The number of hydrogen-bond acceptors (Lipinski definition) is 1. The van der Waals surface area contributed by atoms with Crippen LogP contribution in [-0.2, 0) is 0 Å². The summed E-state index contributed by atoms with van der Waals surface area (Å²) in [5, 5.41) is 5.83. The van der Waals surface area contributed by atoms with Gasteiger partial charge in [-0.15, -0.1) is 12.3 Å². The van der Waals surface area contributed by atoms with Crippen LogP contribution in [0.3, 0.4) is 0 Å². The van der Waals surface area contributed by atoms with Gasteiger partial charge in [-0.3, -0.25) is 0 Å². The van der Waals surface area contributed by atoms with Gasteiger partial charge in [0.05, 0.1) is 0 Å². The molecule has 1 rings (SSSR count). The second kappa shape index (κ2) is 7.17. The molecule has 0 aromatic heterocycles. The summed E-state index contributed by atoms with van der Waals surface area (Å²) in [5.74, 6) is 2.59. The Hall–Kier alpha value is -1.17. The van der Waals surface area contributed by atoms with Gasteiger partial charge < -0.3 is 10.6 Å². The second-order valence-electron chi connectivity index (χ2n) is 4.04. The van der Waals surface area contributed by atoms with Crippen molar-refractivity contribution >= 4 is 6.03 Å². The van der Waals surface area contributed by atoms with E-state index >= 15 is 0 Å². The highest BCUT2D eigenvalue weighted by atomic mass is 16.2. The highest BCUT2D eigenvalue weighted by Crippen LogP contribution is 2.17. The molecule has 3 heteroatoms. The molecule has 0 unspecified atom stereocenters. The minimum atomic E-state index is -0.0254. The molecule has 2 amide bonds. The van der Waals surface area contributed by atoms with Crippen molar-refractivity contribution < 1.29 is 4.79 Å². The van der Waals surface area contributed by atoms with E-state index in [-0.39, 0.29) is 6.03 Å². The average molecular weight is 208 g/mol. The van der Waals surface area contributed by atoms with Crippen LogP contribution in [0.15, 0.2) is 0 Å². The van der Waals surface area contributed by atoms with Gasteiger partial charge in [-0.05, 0) is 25.7 Å². The molecule has 1 saturated carbocycles. The van der Waals surface area contributed by atoms with E-state index in [4.69, 9.17) is 6.42 Å². The van der Waals surface area contributed by atoms with Crippen LogP contribution in [-0.4, -0.2) is 18.6 Å². The largest absolute Gasteiger partial charge is 0.338 e. The number of urea groups is 1. The van der Waals surface area contributed by atoms with Crippen molar-refractivity contribution in [2.75, 3.05) is 6.54 Å². The summed E-state index contributed by atoms with van der Waals surface area (Å²) in [7, 11) is 0. The third-order valence-electron chi connectivity index (χ3n) is 2.72. The summed E-state index contributed by atoms with van der Waals surface area (Å²) < 4.78 is 0. The van der Waals surface area contributed by atoms with Crippen LogP contribution in [0.1, 0.15) is 44.9 Å². The molecule has 1 aliphatic rings. The number of carbonyl (C=O) groups is 1. The Morgan fingerprint density at radius 1 is 1.33 bits per heavy atom. The van der Waals surface area contributed by atoms with Crippen LogP contribution in [0.25, 0.3) is 0 Å². The van der Waals surface area contributed by atoms with Gasteiger partial charge >= 0.3 is 6.03 Å². The fraction of sp³-hybridized carbons (Fsp3) is 0.750. The zero-order valence-electron chi connectivity index (χ0n) is 9.22. The minimum Gasteiger partial charge on any atom is -0.338 e. The van der Waals surface area contributed by atoms with Gasteiger partial charge in [0.15, 0.2) is 0 Å². The van der Waals surface area contributed by atoms with Gasteiger partial charge in [-0.2, -0.15) is 0 Å². The van der Waals surface area contributed by atoms with E-state index in [0.29, 0.717) is 6.04 Å². The van der Waals surface area contributed by atoms with E-state index in [9.17, 15) is 4.79 Å². The lowest BCUT2D eigenvalue weighted by molar-refractivity contribution is 0.237. The Bertz CT molecular complexity index is 226. The van der Waals surface area contributed by atoms with Crippen molar-refractivity contribution in [1.82, 2.24) is 10.6 Å². The molecule has 0 aliphatic heterocycles. The zero-order valence-corrected chi connectivity index (χ0v) is 9.22. The molecule has 0 radical (unpaired) electrons. The fourth-order valence-electron chi connectivity index (χ4n) is 1.86. The van der Waals surface area contributed by atoms with Crippen molar-refractivity contribution in [1.29, 1.82) is 0 Å². The molecule has 0 aromatic rings. The smallest absolute Gasteiger partial charge is 0.315 e. The summed E-state index contributed by atoms with van der Waals surface area (Å²) in [5.41, 5.74) is 0. The van der Waals surface area contributed by atoms with Gasteiger partial charge in [0.1, 0.15) is 0 Å². The van der Waals surface area contributed by atoms with Crippen LogP contribution < -0.4 is 10.6 Å². The molecule has 0 bridgehead atoms. The molecule has 0 spiro atoms. The van der Waals surface area contributed by atoms with Gasteiger partial charge in [0.2, 0.25) is 0 Å². The zero-order chi connectivity index (χ0) is 10.9. The third-order valence-corrected chi connectivity index (χ3v) is 2.72. The number of carbonyl (C=O) groups excluding carboxylic acids is 1. The first-order valence-electron chi connectivity index (χ1n) is 5.81. The predicted octanol–water partition coefficient (Wildman–Crippen LogP) is 2.03. The van der Waals surface area contributed by atoms with Crippen LogP contribution in [0.4, 0.5) is 4.79 Å². The van der Waals surface area contributed by atoms with Gasteiger partial charge in [-0.1, -0.05) is 12.8 Å². The Morgan fingerprint density at radius 2 is 2.07 bits per heavy atom. The monoisotopic (exact) mass is 208 g/mol. The molecule has 0 saturated heterocycles. The first-order chi connectivity index (χ1) is 7.33. The molecule has 2 N–H and O–H groups in total. The lowest BCUT2D eigenvalue weighted by Gasteiger charge is -2.12. The van der Waals surface area contributed by atoms with E-state index in [0.717, 1.165) is 38.6 Å². The molecule has 1 aliphatic carbocycles. The molecular weight excluding hydrogens is 188 g/mol. The van der Waals surface area contributed by atoms with Crippen molar-refractivity contribution in [2.45, 2.75) is 51.0 Å². The lowest BCUT2D eigenvalue weighted by atomic mass is 10.2. The number of rotatable bonds is 5. The SMILES string of the molecule is C#CCCCCNC(=O)NC1CCCC1. The Balaban J connectivity index is 1.96. The molecule has 1 fully saturated rings. The number of unbranched alkanes of at least 4 members (excludes halogenated alkanes) is 2. The van der Waals surface area contributed by atoms with Gasteiger partial charge in [0, 0.05) is 19.0 Å². The molecular formula is C12H20N2O. The van der Waals surface area contributed by atoms with E-state index in [1.165, 1.54) is 12.8 Å². The second-order valence-corrected chi connectivity index (χ2v) is 4.04. The van der Waals surface area contributed by atoms with Crippen molar-refractivity contribution in [3.63, 3.8) is 0 Å². The van der Waals surface area contributed by atoms with Crippen LogP contribution in [0, 0.1) is 12.3 Å². The molecule has 0 aromatic carbocycles. The van der Waals surface area contributed by atoms with Crippen molar-refractivity contribution in [2.24, 2.45) is 0 Å². The van der Waals surface area contributed by atoms with Crippen molar-refractivity contribution in [3.05, 3.63) is 0 Å². The molecule has 3 nitrogen and oxygen atoms in total. The normalized spacial score (nSPS) is 15.9. The molecule has 84 valence electrons. The molecule has 0 atom stereocenters. The van der Waals surface area contributed by atoms with Gasteiger partial charge in [-0.25, -0.2) is 4.79 Å². The van der Waals surface area contributed by atoms with Crippen molar-refractivity contribution in [3.8, 4) is 12.3 Å². The van der Waals surface area contributed by atoms with Crippen LogP contribution >= 0.6 is 0 Å². The Kier molecular flexibility index (Phi) is 5.69. The summed E-state index contributed by atoms with van der Waals surface area (Å²) in [6, 6.07) is 0.373. The first kappa shape index (κ1) is 11.9. The highest BCUT2D eigenvalue weighted by molar-refractivity contribution is 5.74. The standard InChI is InChI=1S/C12H20N2O/c1-2-3-4-7-10-13-12(15)14-11-8-5-6-9-11/h1,11H,3-10H2,(H2,13,14,15). The quantitative estimate of drug-likeness (QED) is 0.527. The summed E-state index contributed by atoms with van der Waals surface area (Å²) in [6.07, 6.45) is 12.6. The minimum absolute atomic E-state index is 0.0254. The number of hydrogen-bond donors (Lipinski definition) is 2. The Morgan fingerprint density at radius 3 is 2.73 bits per heavy atom. The Labute approximate surface area is 92.0 Å². The maximum atomic E-state index is 11.4. The van der Waals surface area contributed by atoms with E-state index in [1.54, 1.807) is 0 Å². The van der Waals surface area contributed by atoms with E-state index in [2.05, 4.69) is 16.6 Å². The topological polar surface area (TPSA) is 41.1 Å². The first-order valence-corrected chi connectivity index (χ1v) is 5.81. The number of amides is 2. The van der Waals surface area contributed by atoms with Crippen LogP contribution in [0.2, 0.25) is 0 Å². The van der Waals surface area contributed by atoms with Gasteiger partial charge in [0.25, 0.3) is 0 Å². The predicted molar refractivity (Wildman–Crippen MR) is 61.5 cm³/mol. The number of nitrogens with one attached hydrogen (secondary N) is 2. The summed E-state index contributed by atoms with van der Waals surface area (Å²) in [4.78, 5) is 11.4. The number of terminal acetylenes is 1. The molecule has 15 heavy (non-hydrogen) atoms. The fourth-order valence-corrected chi connectivity index (χ4v) is 1.86. The maximum Gasteiger partial charge on any atom is 0.315 e. The third kappa shape index (κ3) is 5.31. The highest BCUT2D eigenvalue weighted by Gasteiger charge is 2.16. The average Bonchev–Trinajstić information content (AvgIpc) is 2.70. The lowest BCUT2D eigenvalue weighted by Crippen LogP contribution is -2.41. The summed E-state index contributed by atoms with van der Waals surface area (Å²) >= 11 is 0. The van der Waals surface area contributed by atoms with Crippen LogP contribution in [0.5, 0.6) is 0 Å². The summed E-state index contributed by atoms with van der Waals surface area (Å²) in [6.45, 7) is 0.722. The van der Waals surface area contributed by atoms with E-state index in [1.807, 2.05) is 0 Å². The van der Waals surface area contributed by atoms with E-state index < -0.39 is 0 Å². The molecule has 0 heterocycles.